The molecule has 0 aliphatic rings. The predicted octanol–water partition coefficient (Wildman–Crippen LogP) is 2.68. The molecule has 1 heterocycles. The van der Waals surface area contributed by atoms with Gasteiger partial charge in [-0.15, -0.1) is 0 Å². The van der Waals surface area contributed by atoms with Gasteiger partial charge in [0, 0.05) is 13.3 Å². The molecule has 2 unspecified atom stereocenters. The number of ether oxygens (including phenoxy) is 2. The van der Waals surface area contributed by atoms with E-state index < -0.39 is 0 Å². The molecule has 0 fully saturated rings. The molecule has 0 amide bonds. The Hall–Kier alpha value is -1.13. The molecular formula is C14H24N2O2. The summed E-state index contributed by atoms with van der Waals surface area (Å²) in [6.07, 6.45) is 5.62. The van der Waals surface area contributed by atoms with E-state index in [4.69, 9.17) is 15.2 Å². The van der Waals surface area contributed by atoms with E-state index in [1.165, 1.54) is 0 Å². The van der Waals surface area contributed by atoms with E-state index >= 15 is 0 Å². The van der Waals surface area contributed by atoms with Crippen LogP contribution in [0.1, 0.15) is 45.2 Å². The molecular weight excluding hydrogens is 228 g/mol. The Kier molecular flexibility index (Phi) is 6.09. The number of aromatic nitrogens is 1. The summed E-state index contributed by atoms with van der Waals surface area (Å²) in [7, 11) is 1.70. The van der Waals surface area contributed by atoms with Crippen molar-refractivity contribution < 1.29 is 9.47 Å². The highest BCUT2D eigenvalue weighted by molar-refractivity contribution is 5.26. The smallest absolute Gasteiger partial charge is 0.138 e. The molecule has 2 atom stereocenters. The second-order valence-electron chi connectivity index (χ2n) is 4.71. The van der Waals surface area contributed by atoms with Gasteiger partial charge in [0.25, 0.3) is 0 Å². The van der Waals surface area contributed by atoms with Crippen molar-refractivity contribution in [2.75, 3.05) is 7.11 Å². The summed E-state index contributed by atoms with van der Waals surface area (Å²) in [6, 6.07) is 1.78. The maximum Gasteiger partial charge on any atom is 0.138 e. The van der Waals surface area contributed by atoms with E-state index in [0.29, 0.717) is 0 Å². The number of rotatable bonds is 7. The van der Waals surface area contributed by atoms with Crippen molar-refractivity contribution in [2.24, 2.45) is 5.73 Å². The lowest BCUT2D eigenvalue weighted by atomic mass is 10.0. The highest BCUT2D eigenvalue weighted by Gasteiger charge is 2.19. The van der Waals surface area contributed by atoms with Crippen LogP contribution in [0.15, 0.2) is 18.5 Å². The first-order valence-corrected chi connectivity index (χ1v) is 6.48. The van der Waals surface area contributed by atoms with Crippen molar-refractivity contribution in [3.05, 3.63) is 24.0 Å². The fourth-order valence-electron chi connectivity index (χ4n) is 1.90. The summed E-state index contributed by atoms with van der Waals surface area (Å²) in [5, 5.41) is 0. The van der Waals surface area contributed by atoms with E-state index in [0.717, 1.165) is 24.2 Å². The molecule has 4 heteroatoms. The minimum absolute atomic E-state index is 0.0195. The average Bonchev–Trinajstić information content (AvgIpc) is 2.34. The molecule has 1 aromatic heterocycles. The summed E-state index contributed by atoms with van der Waals surface area (Å²) < 4.78 is 11.1. The Bertz CT molecular complexity index is 355. The van der Waals surface area contributed by atoms with Gasteiger partial charge in [0.15, 0.2) is 0 Å². The molecule has 0 spiro atoms. The van der Waals surface area contributed by atoms with Crippen LogP contribution >= 0.6 is 0 Å². The molecule has 0 bridgehead atoms. The van der Waals surface area contributed by atoms with Gasteiger partial charge >= 0.3 is 0 Å². The Balaban J connectivity index is 2.81. The van der Waals surface area contributed by atoms with Crippen LogP contribution in [0.25, 0.3) is 0 Å². The third-order valence-corrected chi connectivity index (χ3v) is 2.77. The Morgan fingerprint density at radius 1 is 1.33 bits per heavy atom. The number of pyridine rings is 1. The van der Waals surface area contributed by atoms with Crippen molar-refractivity contribution in [3.8, 4) is 5.75 Å². The first-order chi connectivity index (χ1) is 8.58. The summed E-state index contributed by atoms with van der Waals surface area (Å²) >= 11 is 0. The molecule has 1 aromatic rings. The summed E-state index contributed by atoms with van der Waals surface area (Å²) in [6.45, 7) is 6.10. The average molecular weight is 252 g/mol. The third-order valence-electron chi connectivity index (χ3n) is 2.77. The second-order valence-corrected chi connectivity index (χ2v) is 4.71. The molecule has 18 heavy (non-hydrogen) atoms. The number of methoxy groups -OCH3 is 1. The van der Waals surface area contributed by atoms with Crippen LogP contribution in [-0.4, -0.2) is 24.3 Å². The van der Waals surface area contributed by atoms with Crippen LogP contribution in [0.3, 0.4) is 0 Å². The zero-order chi connectivity index (χ0) is 13.5. The molecule has 0 aliphatic heterocycles. The fourth-order valence-corrected chi connectivity index (χ4v) is 1.90. The molecule has 102 valence electrons. The molecule has 0 radical (unpaired) electrons. The first-order valence-electron chi connectivity index (χ1n) is 6.48. The lowest BCUT2D eigenvalue weighted by molar-refractivity contribution is 0.0723. The highest BCUT2D eigenvalue weighted by atomic mass is 16.5. The van der Waals surface area contributed by atoms with Crippen LogP contribution in [0, 0.1) is 0 Å². The highest BCUT2D eigenvalue weighted by Crippen LogP contribution is 2.23. The third kappa shape index (κ3) is 4.27. The molecule has 4 nitrogen and oxygen atoms in total. The standard InChI is InChI=1S/C14H24N2O2/c1-5-6-13(17-4)14(15)11-7-12(9-16-8-11)18-10(2)3/h7-10,13-14H,5-6,15H2,1-4H3. The Morgan fingerprint density at radius 2 is 2.06 bits per heavy atom. The largest absolute Gasteiger partial charge is 0.489 e. The van der Waals surface area contributed by atoms with Crippen molar-refractivity contribution in [3.63, 3.8) is 0 Å². The number of nitrogens with zero attached hydrogens (tertiary/aromatic N) is 1. The minimum atomic E-state index is -0.168. The van der Waals surface area contributed by atoms with Gasteiger partial charge in [-0.25, -0.2) is 0 Å². The number of nitrogens with two attached hydrogens (primary N) is 1. The maximum atomic E-state index is 6.21. The zero-order valence-corrected chi connectivity index (χ0v) is 11.7. The number of hydrogen-bond donors (Lipinski definition) is 1. The molecule has 0 saturated carbocycles. The van der Waals surface area contributed by atoms with Crippen molar-refractivity contribution in [2.45, 2.75) is 51.9 Å². The monoisotopic (exact) mass is 252 g/mol. The van der Waals surface area contributed by atoms with Crippen LogP contribution in [0.4, 0.5) is 0 Å². The molecule has 1 rings (SSSR count). The summed E-state index contributed by atoms with van der Waals surface area (Å²) in [5.74, 6) is 0.754. The lowest BCUT2D eigenvalue weighted by Gasteiger charge is -2.22. The van der Waals surface area contributed by atoms with Crippen molar-refractivity contribution >= 4 is 0 Å². The van der Waals surface area contributed by atoms with Gasteiger partial charge in [0.05, 0.1) is 24.4 Å². The minimum Gasteiger partial charge on any atom is -0.489 e. The molecule has 0 aromatic carbocycles. The van der Waals surface area contributed by atoms with Gasteiger partial charge in [0.1, 0.15) is 5.75 Å². The van der Waals surface area contributed by atoms with Gasteiger partial charge in [-0.2, -0.15) is 0 Å². The molecule has 2 N–H and O–H groups in total. The maximum absolute atomic E-state index is 6.21. The van der Waals surface area contributed by atoms with E-state index in [9.17, 15) is 0 Å². The normalized spacial score (nSPS) is 14.6. The summed E-state index contributed by atoms with van der Waals surface area (Å²) in [5.41, 5.74) is 7.17. The zero-order valence-electron chi connectivity index (χ0n) is 11.7. The topological polar surface area (TPSA) is 57.4 Å². The van der Waals surface area contributed by atoms with Gasteiger partial charge in [-0.3, -0.25) is 4.98 Å². The predicted molar refractivity (Wildman–Crippen MR) is 72.6 cm³/mol. The first kappa shape index (κ1) is 14.9. The van der Waals surface area contributed by atoms with Crippen LogP contribution < -0.4 is 10.5 Å². The van der Waals surface area contributed by atoms with Crippen LogP contribution in [0.5, 0.6) is 5.75 Å². The van der Waals surface area contributed by atoms with E-state index in [1.807, 2.05) is 19.9 Å². The molecule has 0 aliphatic carbocycles. The SMILES string of the molecule is CCCC(OC)C(N)c1cncc(OC(C)C)c1. The Labute approximate surface area is 110 Å². The van der Waals surface area contributed by atoms with E-state index in [1.54, 1.807) is 19.5 Å². The van der Waals surface area contributed by atoms with Gasteiger partial charge in [-0.1, -0.05) is 13.3 Å². The number of hydrogen-bond acceptors (Lipinski definition) is 4. The Morgan fingerprint density at radius 3 is 2.61 bits per heavy atom. The lowest BCUT2D eigenvalue weighted by Crippen LogP contribution is -2.28. The summed E-state index contributed by atoms with van der Waals surface area (Å²) in [4.78, 5) is 4.18. The van der Waals surface area contributed by atoms with Gasteiger partial charge in [-0.05, 0) is 31.9 Å². The van der Waals surface area contributed by atoms with Gasteiger partial charge < -0.3 is 15.2 Å². The fraction of sp³-hybridized carbons (Fsp3) is 0.643. The second kappa shape index (κ2) is 7.34. The van der Waals surface area contributed by atoms with E-state index in [-0.39, 0.29) is 18.2 Å². The van der Waals surface area contributed by atoms with Crippen molar-refractivity contribution in [1.29, 1.82) is 0 Å². The molecule has 0 saturated heterocycles. The van der Waals surface area contributed by atoms with Crippen LogP contribution in [0.2, 0.25) is 0 Å². The van der Waals surface area contributed by atoms with E-state index in [2.05, 4.69) is 11.9 Å². The quantitative estimate of drug-likeness (QED) is 0.810. The van der Waals surface area contributed by atoms with Crippen molar-refractivity contribution in [1.82, 2.24) is 4.98 Å². The van der Waals surface area contributed by atoms with Gasteiger partial charge in [0.2, 0.25) is 0 Å². The van der Waals surface area contributed by atoms with Crippen LogP contribution in [-0.2, 0) is 4.74 Å².